The molecule has 4 aromatic rings. The Hall–Kier alpha value is -3.65. The number of rotatable bonds is 4. The Kier molecular flexibility index (Phi) is 5.13. The minimum atomic E-state index is -0.536. The zero-order valence-corrected chi connectivity index (χ0v) is 17.1. The summed E-state index contributed by atoms with van der Waals surface area (Å²) in [5, 5.41) is 11.6. The molecular formula is C23H18FN5OS. The van der Waals surface area contributed by atoms with Gasteiger partial charge in [0.1, 0.15) is 11.1 Å². The van der Waals surface area contributed by atoms with Gasteiger partial charge in [-0.2, -0.15) is 0 Å². The van der Waals surface area contributed by atoms with Gasteiger partial charge in [0.25, 0.3) is 0 Å². The number of para-hydroxylation sites is 1. The van der Waals surface area contributed by atoms with Gasteiger partial charge >= 0.3 is 0 Å². The number of nitrogens with zero attached hydrogens (tertiary/aromatic N) is 3. The summed E-state index contributed by atoms with van der Waals surface area (Å²) in [5.41, 5.74) is 5.79. The van der Waals surface area contributed by atoms with E-state index < -0.39 is 11.3 Å². The number of anilines is 1. The summed E-state index contributed by atoms with van der Waals surface area (Å²) in [5.74, 6) is 0.151. The van der Waals surface area contributed by atoms with Crippen LogP contribution in [-0.2, 0) is 4.79 Å². The Labute approximate surface area is 182 Å². The van der Waals surface area contributed by atoms with Crippen LogP contribution in [0.5, 0.6) is 0 Å². The van der Waals surface area contributed by atoms with E-state index in [2.05, 4.69) is 20.9 Å². The summed E-state index contributed by atoms with van der Waals surface area (Å²) in [6, 6.07) is 24.7. The Balaban J connectivity index is 1.52. The number of carbonyl (C=O) groups excluding carboxylic acids is 1. The van der Waals surface area contributed by atoms with Crippen molar-refractivity contribution in [1.82, 2.24) is 14.9 Å². The van der Waals surface area contributed by atoms with E-state index in [4.69, 9.17) is 0 Å². The minimum absolute atomic E-state index is 0.173. The minimum Gasteiger partial charge on any atom is -0.325 e. The van der Waals surface area contributed by atoms with E-state index in [1.54, 1.807) is 16.8 Å². The molecule has 3 aromatic carbocycles. The fourth-order valence-electron chi connectivity index (χ4n) is 3.48. The predicted molar refractivity (Wildman–Crippen MR) is 119 cm³/mol. The van der Waals surface area contributed by atoms with E-state index in [0.29, 0.717) is 16.7 Å². The molecule has 0 bridgehead atoms. The second-order valence-corrected chi connectivity index (χ2v) is 8.17. The Morgan fingerprint density at radius 2 is 1.61 bits per heavy atom. The molecule has 0 saturated carbocycles. The first-order chi connectivity index (χ1) is 15.2. The van der Waals surface area contributed by atoms with Crippen LogP contribution in [0.15, 0.2) is 90.1 Å². The lowest BCUT2D eigenvalue weighted by atomic mass is 10.0. The van der Waals surface area contributed by atoms with E-state index >= 15 is 0 Å². The molecular weight excluding hydrogens is 413 g/mol. The first-order valence-corrected chi connectivity index (χ1v) is 10.6. The number of fused-ring (bicyclic) bond motifs is 1. The molecule has 5 rings (SSSR count). The van der Waals surface area contributed by atoms with Crippen molar-refractivity contribution in [2.75, 3.05) is 10.7 Å². The van der Waals surface area contributed by atoms with Crippen LogP contribution >= 0.6 is 11.8 Å². The van der Waals surface area contributed by atoms with E-state index in [0.717, 1.165) is 11.1 Å². The van der Waals surface area contributed by atoms with Crippen molar-refractivity contribution < 1.29 is 9.18 Å². The molecule has 31 heavy (non-hydrogen) atoms. The van der Waals surface area contributed by atoms with Gasteiger partial charge in [-0.3, -0.25) is 4.79 Å². The van der Waals surface area contributed by atoms with Gasteiger partial charge in [0.15, 0.2) is 5.82 Å². The van der Waals surface area contributed by atoms with Gasteiger partial charge in [-0.1, -0.05) is 72.4 Å². The largest absolute Gasteiger partial charge is 0.325 e. The first-order valence-electron chi connectivity index (χ1n) is 9.74. The lowest BCUT2D eigenvalue weighted by Crippen LogP contribution is -2.41. The first kappa shape index (κ1) is 19.3. The third kappa shape index (κ3) is 3.89. The van der Waals surface area contributed by atoms with Gasteiger partial charge in [-0.05, 0) is 29.8 Å². The number of carbonyl (C=O) groups is 1. The molecule has 1 aliphatic heterocycles. The Morgan fingerprint density at radius 3 is 2.32 bits per heavy atom. The van der Waals surface area contributed by atoms with Crippen molar-refractivity contribution in [3.63, 3.8) is 0 Å². The molecule has 2 atom stereocenters. The molecule has 2 heterocycles. The van der Waals surface area contributed by atoms with E-state index in [1.165, 1.54) is 23.9 Å². The fraction of sp³-hybridized carbons (Fsp3) is 0.0870. The zero-order valence-electron chi connectivity index (χ0n) is 16.3. The van der Waals surface area contributed by atoms with Crippen LogP contribution in [0.4, 0.5) is 10.1 Å². The molecule has 154 valence electrons. The van der Waals surface area contributed by atoms with E-state index in [1.807, 2.05) is 60.7 Å². The van der Waals surface area contributed by atoms with Crippen molar-refractivity contribution >= 4 is 23.4 Å². The summed E-state index contributed by atoms with van der Waals surface area (Å²) in [4.78, 5) is 13.2. The van der Waals surface area contributed by atoms with Gasteiger partial charge in [0.05, 0.1) is 6.04 Å². The topological polar surface area (TPSA) is 71.8 Å². The van der Waals surface area contributed by atoms with Gasteiger partial charge in [-0.15, -0.1) is 10.2 Å². The van der Waals surface area contributed by atoms with Crippen LogP contribution in [-0.4, -0.2) is 26.0 Å². The van der Waals surface area contributed by atoms with E-state index in [-0.39, 0.29) is 11.7 Å². The number of nitrogens with one attached hydrogen (secondary N) is 2. The molecule has 1 aromatic heterocycles. The number of hydrogen-bond acceptors (Lipinski definition) is 5. The highest BCUT2D eigenvalue weighted by Gasteiger charge is 2.38. The maximum Gasteiger partial charge on any atom is 0.240 e. The maximum absolute atomic E-state index is 13.5. The van der Waals surface area contributed by atoms with Gasteiger partial charge < -0.3 is 10.7 Å². The summed E-state index contributed by atoms with van der Waals surface area (Å²) in [6.45, 7) is 0. The summed E-state index contributed by atoms with van der Waals surface area (Å²) in [6.07, 6.45) is 0. The highest BCUT2D eigenvalue weighted by atomic mass is 32.2. The average molecular weight is 431 g/mol. The van der Waals surface area contributed by atoms with Crippen LogP contribution in [0.3, 0.4) is 0 Å². The van der Waals surface area contributed by atoms with Crippen LogP contribution in [0, 0.1) is 5.82 Å². The molecule has 0 saturated heterocycles. The molecule has 0 fully saturated rings. The number of halogens is 1. The van der Waals surface area contributed by atoms with Crippen LogP contribution < -0.4 is 10.7 Å². The van der Waals surface area contributed by atoms with Crippen LogP contribution in [0.1, 0.15) is 11.6 Å². The summed E-state index contributed by atoms with van der Waals surface area (Å²) < 4.78 is 15.3. The molecule has 8 heteroatoms. The van der Waals surface area contributed by atoms with Gasteiger partial charge in [0, 0.05) is 11.3 Å². The molecule has 0 aliphatic carbocycles. The van der Waals surface area contributed by atoms with Crippen molar-refractivity contribution in [2.24, 2.45) is 0 Å². The smallest absolute Gasteiger partial charge is 0.240 e. The highest BCUT2D eigenvalue weighted by Crippen LogP contribution is 2.39. The normalized spacial score (nSPS) is 17.5. The fourth-order valence-corrected chi connectivity index (χ4v) is 4.56. The highest BCUT2D eigenvalue weighted by molar-refractivity contribution is 8.00. The number of aromatic nitrogens is 3. The lowest BCUT2D eigenvalue weighted by molar-refractivity contribution is -0.116. The van der Waals surface area contributed by atoms with Gasteiger partial charge in [0.2, 0.25) is 11.1 Å². The third-order valence-corrected chi connectivity index (χ3v) is 6.21. The quantitative estimate of drug-likeness (QED) is 0.498. The van der Waals surface area contributed by atoms with Crippen LogP contribution in [0.25, 0.3) is 11.4 Å². The monoisotopic (exact) mass is 431 g/mol. The molecule has 0 radical (unpaired) electrons. The maximum atomic E-state index is 13.5. The second-order valence-electron chi connectivity index (χ2n) is 7.06. The Morgan fingerprint density at radius 1 is 0.935 bits per heavy atom. The average Bonchev–Trinajstić information content (AvgIpc) is 3.23. The molecule has 2 unspecified atom stereocenters. The van der Waals surface area contributed by atoms with Crippen molar-refractivity contribution in [3.8, 4) is 11.4 Å². The molecule has 0 spiro atoms. The number of amides is 1. The molecule has 1 amide bonds. The second kappa shape index (κ2) is 8.23. The van der Waals surface area contributed by atoms with Gasteiger partial charge in [-0.25, -0.2) is 9.07 Å². The third-order valence-electron chi connectivity index (χ3n) is 5.00. The SMILES string of the molecule is O=C(Nc1ccccc1)C1Sc2nnc(-c3ccccc3)n2NC1c1ccc(F)cc1. The summed E-state index contributed by atoms with van der Waals surface area (Å²) in [7, 11) is 0. The van der Waals surface area contributed by atoms with Crippen molar-refractivity contribution in [2.45, 2.75) is 16.4 Å². The van der Waals surface area contributed by atoms with Crippen molar-refractivity contribution in [1.29, 1.82) is 0 Å². The summed E-state index contributed by atoms with van der Waals surface area (Å²) >= 11 is 1.33. The van der Waals surface area contributed by atoms with Crippen molar-refractivity contribution in [3.05, 3.63) is 96.3 Å². The van der Waals surface area contributed by atoms with E-state index in [9.17, 15) is 9.18 Å². The zero-order chi connectivity index (χ0) is 21.2. The number of benzene rings is 3. The lowest BCUT2D eigenvalue weighted by Gasteiger charge is -2.33. The number of hydrogen-bond donors (Lipinski definition) is 2. The number of thioether (sulfide) groups is 1. The standard InChI is InChI=1S/C23H18FN5OS/c24-17-13-11-15(12-14-17)19-20(22(30)25-18-9-5-2-6-10-18)31-23-27-26-21(29(23)28-19)16-7-3-1-4-8-16/h1-14,19-20,28H,(H,25,30). The Bertz CT molecular complexity index is 1200. The molecule has 6 nitrogen and oxygen atoms in total. The van der Waals surface area contributed by atoms with Crippen LogP contribution in [0.2, 0.25) is 0 Å². The molecule has 1 aliphatic rings. The molecule has 2 N–H and O–H groups in total. The predicted octanol–water partition coefficient (Wildman–Crippen LogP) is 4.48.